The lowest BCUT2D eigenvalue weighted by atomic mass is 9.89. The van der Waals surface area contributed by atoms with Gasteiger partial charge in [-0.25, -0.2) is 4.98 Å². The second-order valence-electron chi connectivity index (χ2n) is 9.06. The number of likely N-dealkylation sites (tertiary alicyclic amines) is 1. The number of nitrogens with two attached hydrogens (primary N) is 1. The van der Waals surface area contributed by atoms with Crippen LogP contribution in [0, 0.1) is 0 Å². The number of carbonyl (C=O) groups is 1. The summed E-state index contributed by atoms with van der Waals surface area (Å²) in [4.78, 5) is 22.9. The first-order valence-corrected chi connectivity index (χ1v) is 11.5. The first-order chi connectivity index (χ1) is 16.0. The van der Waals surface area contributed by atoms with Crippen molar-refractivity contribution in [1.82, 2.24) is 24.6 Å². The van der Waals surface area contributed by atoms with Gasteiger partial charge in [-0.15, -0.1) is 0 Å². The van der Waals surface area contributed by atoms with E-state index >= 15 is 0 Å². The first-order valence-electron chi connectivity index (χ1n) is 11.5. The summed E-state index contributed by atoms with van der Waals surface area (Å²) in [6, 6.07) is 8.87. The van der Waals surface area contributed by atoms with Gasteiger partial charge in [0.2, 0.25) is 5.95 Å². The average Bonchev–Trinajstić information content (AvgIpc) is 3.53. The Bertz CT molecular complexity index is 1110. The molecule has 5 rings (SSSR count). The molecule has 3 aromatic rings. The maximum Gasteiger partial charge on any atom is 0.254 e. The summed E-state index contributed by atoms with van der Waals surface area (Å²) in [6.07, 6.45) is 9.99. The Labute approximate surface area is 193 Å². The fourth-order valence-electron chi connectivity index (χ4n) is 4.36. The fraction of sp³-hybridized carbons (Fsp3) is 0.417. The summed E-state index contributed by atoms with van der Waals surface area (Å²) in [5.41, 5.74) is 9.33. The van der Waals surface area contributed by atoms with E-state index in [-0.39, 0.29) is 0 Å². The number of aryl methyl sites for hydroxylation is 1. The van der Waals surface area contributed by atoms with Gasteiger partial charge in [-0.2, -0.15) is 10.1 Å². The van der Waals surface area contributed by atoms with Gasteiger partial charge in [-0.3, -0.25) is 14.4 Å². The smallest absolute Gasteiger partial charge is 0.254 e. The number of nitrogens with one attached hydrogen (secondary N) is 2. The number of amides is 1. The molecule has 0 spiro atoms. The molecular formula is C24H30N8O. The Morgan fingerprint density at radius 2 is 1.88 bits per heavy atom. The van der Waals surface area contributed by atoms with Crippen molar-refractivity contribution >= 4 is 23.4 Å². The molecule has 0 radical (unpaired) electrons. The normalized spacial score (nSPS) is 17.1. The second kappa shape index (κ2) is 9.19. The van der Waals surface area contributed by atoms with Crippen LogP contribution >= 0.6 is 0 Å². The van der Waals surface area contributed by atoms with E-state index in [0.29, 0.717) is 29.3 Å². The Morgan fingerprint density at radius 3 is 2.52 bits per heavy atom. The van der Waals surface area contributed by atoms with Crippen molar-refractivity contribution in [2.75, 3.05) is 23.7 Å². The van der Waals surface area contributed by atoms with Crippen molar-refractivity contribution in [1.29, 1.82) is 0 Å². The number of piperidine rings is 1. The van der Waals surface area contributed by atoms with Crippen LogP contribution in [0.2, 0.25) is 0 Å². The van der Waals surface area contributed by atoms with Crippen molar-refractivity contribution in [3.8, 4) is 0 Å². The third-order valence-electron chi connectivity index (χ3n) is 6.36. The Hall–Kier alpha value is -3.46. The summed E-state index contributed by atoms with van der Waals surface area (Å²) in [6.45, 7) is 3.16. The van der Waals surface area contributed by atoms with E-state index in [1.807, 2.05) is 17.9 Å². The van der Waals surface area contributed by atoms with Gasteiger partial charge in [-0.1, -0.05) is 12.1 Å². The van der Waals surface area contributed by atoms with Gasteiger partial charge in [0.15, 0.2) is 0 Å². The maximum absolute atomic E-state index is 11.7. The fourth-order valence-corrected chi connectivity index (χ4v) is 4.36. The van der Waals surface area contributed by atoms with E-state index in [1.54, 1.807) is 0 Å². The lowest BCUT2D eigenvalue weighted by Gasteiger charge is -2.32. The van der Waals surface area contributed by atoms with Crippen LogP contribution in [-0.4, -0.2) is 49.7 Å². The van der Waals surface area contributed by atoms with E-state index in [1.165, 1.54) is 17.3 Å². The lowest BCUT2D eigenvalue weighted by molar-refractivity contribution is 0.100. The van der Waals surface area contributed by atoms with Crippen LogP contribution in [-0.2, 0) is 13.6 Å². The van der Waals surface area contributed by atoms with Gasteiger partial charge in [0.05, 0.1) is 11.8 Å². The molecule has 1 saturated carbocycles. The molecule has 1 amide bonds. The van der Waals surface area contributed by atoms with Crippen molar-refractivity contribution in [2.45, 2.75) is 44.2 Å². The van der Waals surface area contributed by atoms with Gasteiger partial charge in [0, 0.05) is 43.3 Å². The number of carbonyl (C=O) groups excluding carboxylic acids is 1. The summed E-state index contributed by atoms with van der Waals surface area (Å²) in [5, 5.41) is 10.8. The first kappa shape index (κ1) is 21.4. The predicted molar refractivity (Wildman–Crippen MR) is 127 cm³/mol. The molecule has 2 fully saturated rings. The minimum absolute atomic E-state index is 0.317. The van der Waals surface area contributed by atoms with Crippen LogP contribution in [0.5, 0.6) is 0 Å². The van der Waals surface area contributed by atoms with E-state index in [9.17, 15) is 4.79 Å². The number of benzene rings is 1. The molecule has 9 nitrogen and oxygen atoms in total. The molecule has 0 atom stereocenters. The number of nitrogens with zero attached hydrogens (tertiary/aromatic N) is 5. The minimum Gasteiger partial charge on any atom is -0.367 e. The Balaban J connectivity index is 1.18. The number of aromatic nitrogens is 4. The van der Waals surface area contributed by atoms with Crippen molar-refractivity contribution in [2.24, 2.45) is 12.8 Å². The molecule has 1 saturated heterocycles. The van der Waals surface area contributed by atoms with Crippen LogP contribution in [0.1, 0.15) is 53.1 Å². The SMILES string of the molecule is Cn1cc(CN2CCC(c3ccc(Nc4ncc(C(N)=O)c(NC5CC5)n4)cc3)CC2)cn1. The van der Waals surface area contributed by atoms with Crippen LogP contribution in [0.3, 0.4) is 0 Å². The van der Waals surface area contributed by atoms with Crippen molar-refractivity contribution < 1.29 is 4.79 Å². The van der Waals surface area contributed by atoms with Gasteiger partial charge in [0.1, 0.15) is 5.82 Å². The van der Waals surface area contributed by atoms with E-state index < -0.39 is 5.91 Å². The minimum atomic E-state index is -0.527. The van der Waals surface area contributed by atoms with Crippen LogP contribution in [0.25, 0.3) is 0 Å². The summed E-state index contributed by atoms with van der Waals surface area (Å²) in [5.74, 6) is 0.988. The molecule has 172 valence electrons. The topological polar surface area (TPSA) is 114 Å². The number of hydrogen-bond donors (Lipinski definition) is 3. The van der Waals surface area contributed by atoms with Crippen molar-refractivity contribution in [3.63, 3.8) is 0 Å². The van der Waals surface area contributed by atoms with Gasteiger partial charge in [0.25, 0.3) is 5.91 Å². The highest BCUT2D eigenvalue weighted by atomic mass is 16.1. The van der Waals surface area contributed by atoms with E-state index in [4.69, 9.17) is 5.73 Å². The molecule has 1 aromatic carbocycles. The Kier molecular flexibility index (Phi) is 5.95. The van der Waals surface area contributed by atoms with Crippen molar-refractivity contribution in [3.05, 3.63) is 59.5 Å². The molecule has 33 heavy (non-hydrogen) atoms. The van der Waals surface area contributed by atoms with Gasteiger partial charge in [-0.05, 0) is 62.4 Å². The maximum atomic E-state index is 11.7. The molecular weight excluding hydrogens is 416 g/mol. The zero-order valence-corrected chi connectivity index (χ0v) is 18.9. The lowest BCUT2D eigenvalue weighted by Crippen LogP contribution is -2.32. The molecule has 3 heterocycles. The second-order valence-corrected chi connectivity index (χ2v) is 9.06. The highest BCUT2D eigenvalue weighted by molar-refractivity contribution is 5.97. The van der Waals surface area contributed by atoms with Crippen LogP contribution < -0.4 is 16.4 Å². The number of hydrogen-bond acceptors (Lipinski definition) is 7. The molecule has 0 unspecified atom stereocenters. The number of anilines is 3. The molecule has 2 aromatic heterocycles. The third kappa shape index (κ3) is 5.31. The number of rotatable bonds is 8. The quantitative estimate of drug-likeness (QED) is 0.487. The highest BCUT2D eigenvalue weighted by Crippen LogP contribution is 2.30. The van der Waals surface area contributed by atoms with Gasteiger partial charge >= 0.3 is 0 Å². The van der Waals surface area contributed by atoms with E-state index in [2.05, 4.69) is 61.1 Å². The zero-order valence-electron chi connectivity index (χ0n) is 18.9. The highest BCUT2D eigenvalue weighted by Gasteiger charge is 2.24. The Morgan fingerprint density at radius 1 is 1.12 bits per heavy atom. The summed E-state index contributed by atoms with van der Waals surface area (Å²) < 4.78 is 1.86. The zero-order chi connectivity index (χ0) is 22.8. The summed E-state index contributed by atoms with van der Waals surface area (Å²) in [7, 11) is 1.96. The van der Waals surface area contributed by atoms with Gasteiger partial charge < -0.3 is 16.4 Å². The molecule has 1 aliphatic heterocycles. The molecule has 0 bridgehead atoms. The molecule has 2 aliphatic rings. The van der Waals surface area contributed by atoms with E-state index in [0.717, 1.165) is 51.0 Å². The molecule has 9 heteroatoms. The van der Waals surface area contributed by atoms with Crippen LogP contribution in [0.4, 0.5) is 17.5 Å². The third-order valence-corrected chi connectivity index (χ3v) is 6.36. The average molecular weight is 447 g/mol. The molecule has 1 aliphatic carbocycles. The molecule has 4 N–H and O–H groups in total. The number of primary amides is 1. The largest absolute Gasteiger partial charge is 0.367 e. The van der Waals surface area contributed by atoms with Crippen LogP contribution in [0.15, 0.2) is 42.9 Å². The standard InChI is InChI=1S/C24H30N8O/c1-31-14-16(12-27-31)15-32-10-8-18(9-11-32)17-2-4-20(5-3-17)29-24-26-13-21(22(25)33)23(30-24)28-19-6-7-19/h2-5,12-14,18-19H,6-11,15H2,1H3,(H2,25,33)(H2,26,28,29,30). The monoisotopic (exact) mass is 446 g/mol. The predicted octanol–water partition coefficient (Wildman–Crippen LogP) is 3.01. The summed E-state index contributed by atoms with van der Waals surface area (Å²) >= 11 is 0.